The second kappa shape index (κ2) is 6.68. The van der Waals surface area contributed by atoms with E-state index in [1.807, 2.05) is 24.9 Å². The molecule has 0 fully saturated rings. The minimum atomic E-state index is -0.292. The zero-order valence-corrected chi connectivity index (χ0v) is 12.3. The van der Waals surface area contributed by atoms with Crippen LogP contribution in [0.2, 0.25) is 0 Å². The van der Waals surface area contributed by atoms with Gasteiger partial charge in [-0.2, -0.15) is 0 Å². The quantitative estimate of drug-likeness (QED) is 0.901. The van der Waals surface area contributed by atoms with Gasteiger partial charge < -0.3 is 10.6 Å². The van der Waals surface area contributed by atoms with Gasteiger partial charge in [0.1, 0.15) is 11.6 Å². The zero-order chi connectivity index (χ0) is 15.4. The molecular weight excluding hydrogens is 270 g/mol. The number of hydrogen-bond donors (Lipinski definition) is 1. The summed E-state index contributed by atoms with van der Waals surface area (Å²) in [5.41, 5.74) is 8.12. The van der Waals surface area contributed by atoms with Crippen molar-refractivity contribution in [2.45, 2.75) is 25.8 Å². The molecular formula is C17H20F2N2. The van der Waals surface area contributed by atoms with Gasteiger partial charge in [0, 0.05) is 30.0 Å². The molecule has 0 aromatic heterocycles. The van der Waals surface area contributed by atoms with E-state index in [4.69, 9.17) is 5.73 Å². The van der Waals surface area contributed by atoms with Crippen LogP contribution in [0.15, 0.2) is 42.5 Å². The van der Waals surface area contributed by atoms with Crippen molar-refractivity contribution in [2.24, 2.45) is 5.73 Å². The van der Waals surface area contributed by atoms with E-state index in [2.05, 4.69) is 0 Å². The number of rotatable bonds is 5. The molecule has 112 valence electrons. The molecule has 0 saturated carbocycles. The van der Waals surface area contributed by atoms with Gasteiger partial charge in [0.2, 0.25) is 0 Å². The van der Waals surface area contributed by atoms with E-state index in [0.717, 1.165) is 17.8 Å². The molecule has 0 amide bonds. The highest BCUT2D eigenvalue weighted by Crippen LogP contribution is 2.29. The summed E-state index contributed by atoms with van der Waals surface area (Å²) in [6.45, 7) is 1.98. The Morgan fingerprint density at radius 3 is 2.38 bits per heavy atom. The highest BCUT2D eigenvalue weighted by Gasteiger charge is 2.15. The maximum atomic E-state index is 14.1. The van der Waals surface area contributed by atoms with Crippen LogP contribution in [0, 0.1) is 11.6 Å². The van der Waals surface area contributed by atoms with Crippen LogP contribution in [0.3, 0.4) is 0 Å². The van der Waals surface area contributed by atoms with Crippen LogP contribution in [-0.4, -0.2) is 13.1 Å². The van der Waals surface area contributed by atoms with E-state index in [9.17, 15) is 8.78 Å². The average Bonchev–Trinajstić information content (AvgIpc) is 2.49. The maximum Gasteiger partial charge on any atom is 0.128 e. The predicted octanol–water partition coefficient (Wildman–Crippen LogP) is 4.01. The van der Waals surface area contributed by atoms with Crippen LogP contribution in [0.5, 0.6) is 0 Å². The first kappa shape index (κ1) is 15.4. The van der Waals surface area contributed by atoms with Gasteiger partial charge in [0.15, 0.2) is 0 Å². The lowest BCUT2D eigenvalue weighted by Crippen LogP contribution is -2.24. The number of hydrogen-bond acceptors (Lipinski definition) is 2. The van der Waals surface area contributed by atoms with Gasteiger partial charge >= 0.3 is 0 Å². The topological polar surface area (TPSA) is 29.3 Å². The molecule has 0 spiro atoms. The third-order valence-corrected chi connectivity index (χ3v) is 3.66. The number of nitrogens with two attached hydrogens (primary N) is 1. The molecule has 0 aliphatic rings. The van der Waals surface area contributed by atoms with E-state index in [1.54, 1.807) is 18.2 Å². The smallest absolute Gasteiger partial charge is 0.128 e. The summed E-state index contributed by atoms with van der Waals surface area (Å²) < 4.78 is 27.2. The van der Waals surface area contributed by atoms with Gasteiger partial charge in [0.25, 0.3) is 0 Å². The van der Waals surface area contributed by atoms with Gasteiger partial charge in [-0.25, -0.2) is 8.78 Å². The van der Waals surface area contributed by atoms with Gasteiger partial charge in [-0.15, -0.1) is 0 Å². The molecule has 2 rings (SSSR count). The highest BCUT2D eigenvalue weighted by atomic mass is 19.1. The Bertz CT molecular complexity index is 596. The summed E-state index contributed by atoms with van der Waals surface area (Å²) in [4.78, 5) is 1.85. The van der Waals surface area contributed by atoms with E-state index in [0.29, 0.717) is 12.0 Å². The molecule has 1 unspecified atom stereocenters. The fourth-order valence-corrected chi connectivity index (χ4v) is 2.27. The second-order valence-corrected chi connectivity index (χ2v) is 5.15. The SMILES string of the molecule is CCC(N)Cc1c(F)cccc1N(C)c1ccc(F)cc1. The van der Waals surface area contributed by atoms with Crippen LogP contribution in [0.4, 0.5) is 20.2 Å². The van der Waals surface area contributed by atoms with Crippen molar-refractivity contribution in [1.82, 2.24) is 0 Å². The number of benzene rings is 2. The lowest BCUT2D eigenvalue weighted by molar-refractivity contribution is 0.579. The van der Waals surface area contributed by atoms with Crippen molar-refractivity contribution in [3.05, 3.63) is 59.7 Å². The first-order chi connectivity index (χ1) is 10.0. The van der Waals surface area contributed by atoms with Gasteiger partial charge in [-0.3, -0.25) is 0 Å². The van der Waals surface area contributed by atoms with Crippen molar-refractivity contribution in [3.8, 4) is 0 Å². The molecule has 2 aromatic carbocycles. The van der Waals surface area contributed by atoms with Crippen LogP contribution < -0.4 is 10.6 Å². The minimum Gasteiger partial charge on any atom is -0.344 e. The Kier molecular flexibility index (Phi) is 4.91. The van der Waals surface area contributed by atoms with E-state index < -0.39 is 0 Å². The molecule has 0 aliphatic heterocycles. The number of nitrogens with zero attached hydrogens (tertiary/aromatic N) is 1. The number of anilines is 2. The van der Waals surface area contributed by atoms with Crippen molar-refractivity contribution in [3.63, 3.8) is 0 Å². The van der Waals surface area contributed by atoms with Crippen LogP contribution in [0.1, 0.15) is 18.9 Å². The molecule has 0 aliphatic carbocycles. The number of halogens is 2. The van der Waals surface area contributed by atoms with Crippen molar-refractivity contribution < 1.29 is 8.78 Å². The molecule has 2 N–H and O–H groups in total. The Hall–Kier alpha value is -1.94. The third-order valence-electron chi connectivity index (χ3n) is 3.66. The van der Waals surface area contributed by atoms with E-state index >= 15 is 0 Å². The van der Waals surface area contributed by atoms with E-state index in [-0.39, 0.29) is 17.7 Å². The monoisotopic (exact) mass is 290 g/mol. The molecule has 2 nitrogen and oxygen atoms in total. The summed E-state index contributed by atoms with van der Waals surface area (Å²) in [5.74, 6) is -0.551. The Balaban J connectivity index is 2.38. The van der Waals surface area contributed by atoms with E-state index in [1.165, 1.54) is 18.2 Å². The maximum absolute atomic E-state index is 14.1. The summed E-state index contributed by atoms with van der Waals surface area (Å²) >= 11 is 0. The lowest BCUT2D eigenvalue weighted by Gasteiger charge is -2.24. The van der Waals surface area contributed by atoms with Crippen molar-refractivity contribution in [1.29, 1.82) is 0 Å². The largest absolute Gasteiger partial charge is 0.344 e. The Morgan fingerprint density at radius 1 is 1.10 bits per heavy atom. The van der Waals surface area contributed by atoms with Gasteiger partial charge in [-0.05, 0) is 49.2 Å². The summed E-state index contributed by atoms with van der Waals surface area (Å²) in [5, 5.41) is 0. The zero-order valence-electron chi connectivity index (χ0n) is 12.3. The third kappa shape index (κ3) is 3.58. The summed E-state index contributed by atoms with van der Waals surface area (Å²) in [6, 6.07) is 11.0. The Morgan fingerprint density at radius 2 is 1.76 bits per heavy atom. The molecule has 21 heavy (non-hydrogen) atoms. The summed E-state index contributed by atoms with van der Waals surface area (Å²) in [7, 11) is 1.84. The fraction of sp³-hybridized carbons (Fsp3) is 0.294. The molecule has 0 heterocycles. The molecule has 1 atom stereocenters. The van der Waals surface area contributed by atoms with Crippen molar-refractivity contribution in [2.75, 3.05) is 11.9 Å². The van der Waals surface area contributed by atoms with Crippen LogP contribution in [-0.2, 0) is 6.42 Å². The van der Waals surface area contributed by atoms with Crippen LogP contribution >= 0.6 is 0 Å². The Labute approximate surface area is 124 Å². The lowest BCUT2D eigenvalue weighted by atomic mass is 10.0. The summed E-state index contributed by atoms with van der Waals surface area (Å²) in [6.07, 6.45) is 1.26. The van der Waals surface area contributed by atoms with Crippen molar-refractivity contribution >= 4 is 11.4 Å². The average molecular weight is 290 g/mol. The minimum absolute atomic E-state index is 0.0812. The van der Waals surface area contributed by atoms with Crippen LogP contribution in [0.25, 0.3) is 0 Å². The molecule has 2 aromatic rings. The molecule has 4 heteroatoms. The first-order valence-corrected chi connectivity index (χ1v) is 7.05. The highest BCUT2D eigenvalue weighted by molar-refractivity contribution is 5.66. The fourth-order valence-electron chi connectivity index (χ4n) is 2.27. The first-order valence-electron chi connectivity index (χ1n) is 7.05. The molecule has 0 radical (unpaired) electrons. The molecule has 0 bridgehead atoms. The molecule has 0 saturated heterocycles. The van der Waals surface area contributed by atoms with Gasteiger partial charge in [-0.1, -0.05) is 13.0 Å². The van der Waals surface area contributed by atoms with Gasteiger partial charge in [0.05, 0.1) is 0 Å². The second-order valence-electron chi connectivity index (χ2n) is 5.15. The standard InChI is InChI=1S/C17H20F2N2/c1-3-13(20)11-15-16(19)5-4-6-17(15)21(2)14-9-7-12(18)8-10-14/h4-10,13H,3,11,20H2,1-2H3. The normalized spacial score (nSPS) is 12.2. The predicted molar refractivity (Wildman–Crippen MR) is 82.8 cm³/mol.